The van der Waals surface area contributed by atoms with E-state index in [4.69, 9.17) is 0 Å². The summed E-state index contributed by atoms with van der Waals surface area (Å²) in [5.41, 5.74) is 16.1. The maximum Gasteiger partial charge on any atom is 0.113 e. The summed E-state index contributed by atoms with van der Waals surface area (Å²) in [6.07, 6.45) is 0. The molecule has 0 atom stereocenters. The van der Waals surface area contributed by atoms with Gasteiger partial charge >= 0.3 is 0 Å². The fourth-order valence-corrected chi connectivity index (χ4v) is 17.2. The Bertz CT molecular complexity index is 3180. The van der Waals surface area contributed by atoms with Gasteiger partial charge in [0, 0.05) is 0 Å². The van der Waals surface area contributed by atoms with Crippen molar-refractivity contribution in [1.82, 2.24) is 0 Å². The van der Waals surface area contributed by atoms with E-state index in [0.717, 1.165) is 0 Å². The van der Waals surface area contributed by atoms with Crippen LogP contribution in [-0.4, -0.2) is 16.1 Å². The van der Waals surface area contributed by atoms with Crippen molar-refractivity contribution < 1.29 is 0 Å². The average Bonchev–Trinajstić information content (AvgIpc) is 3.67. The predicted octanol–water partition coefficient (Wildman–Crippen LogP) is 13.4. The van der Waals surface area contributed by atoms with Crippen LogP contribution < -0.4 is 20.7 Å². The molecule has 0 N–H and O–H groups in total. The summed E-state index contributed by atoms with van der Waals surface area (Å²) in [6, 6.07) is 73.6. The molecule has 0 spiro atoms. The van der Waals surface area contributed by atoms with Crippen LogP contribution in [0.15, 0.2) is 194 Å². The first-order valence-electron chi connectivity index (χ1n) is 21.3. The molecule has 60 heavy (non-hydrogen) atoms. The Kier molecular flexibility index (Phi) is 7.64. The fraction of sp³-hybridized carbons (Fsp3) is 0.0690. The highest BCUT2D eigenvalue weighted by Crippen LogP contribution is 2.45. The van der Waals surface area contributed by atoms with E-state index >= 15 is 0 Å². The van der Waals surface area contributed by atoms with Crippen molar-refractivity contribution in [3.63, 3.8) is 0 Å². The highest BCUT2D eigenvalue weighted by atomic mass is 28.3. The van der Waals surface area contributed by atoms with E-state index in [2.05, 4.69) is 220 Å². The molecule has 2 aliphatic rings. The minimum atomic E-state index is -2.04. The maximum absolute atomic E-state index is 2.57. The third-order valence-corrected chi connectivity index (χ3v) is 21.1. The van der Waals surface area contributed by atoms with Gasteiger partial charge in [0.25, 0.3) is 0 Å². The van der Waals surface area contributed by atoms with Gasteiger partial charge in [-0.25, -0.2) is 0 Å². The SMILES string of the molecule is C[Si]1(C)c2cc(-c3c(-c4ccccc4)ccc4ccccc34)ccc2-c2c1ccc1c3c(ccc21)[Si](C)(C)c1cc(-c2c(-c4ccccc4)ccc4ccccc24)ccc1-3. The molecule has 0 bridgehead atoms. The van der Waals surface area contributed by atoms with Crippen LogP contribution in [0.1, 0.15) is 0 Å². The zero-order valence-electron chi connectivity index (χ0n) is 34.5. The van der Waals surface area contributed by atoms with Crippen molar-refractivity contribution >= 4 is 69.2 Å². The Morgan fingerprint density at radius 2 is 0.633 bits per heavy atom. The lowest BCUT2D eigenvalue weighted by Gasteiger charge is -2.21. The van der Waals surface area contributed by atoms with E-state index in [9.17, 15) is 0 Å². The summed E-state index contributed by atoms with van der Waals surface area (Å²) in [7, 11) is -4.09. The molecule has 0 saturated heterocycles. The highest BCUT2D eigenvalue weighted by Gasteiger charge is 2.42. The van der Waals surface area contributed by atoms with E-state index in [0.29, 0.717) is 0 Å². The fourth-order valence-electron chi connectivity index (χ4n) is 11.1. The van der Waals surface area contributed by atoms with Crippen molar-refractivity contribution in [1.29, 1.82) is 0 Å². The van der Waals surface area contributed by atoms with Gasteiger partial charge in [0.15, 0.2) is 0 Å². The van der Waals surface area contributed by atoms with E-state index in [1.54, 1.807) is 20.7 Å². The number of rotatable bonds is 4. The van der Waals surface area contributed by atoms with Gasteiger partial charge in [0.1, 0.15) is 16.1 Å². The minimum Gasteiger partial charge on any atom is -0.0622 e. The number of hydrogen-bond donors (Lipinski definition) is 0. The van der Waals surface area contributed by atoms with Gasteiger partial charge in [-0.1, -0.05) is 220 Å². The second-order valence-corrected chi connectivity index (χ2v) is 26.6. The van der Waals surface area contributed by atoms with Gasteiger partial charge < -0.3 is 0 Å². The molecular weight excluding hydrogens is 753 g/mol. The molecule has 10 aromatic carbocycles. The van der Waals surface area contributed by atoms with Crippen LogP contribution >= 0.6 is 0 Å². The van der Waals surface area contributed by atoms with E-state index in [-0.39, 0.29) is 0 Å². The van der Waals surface area contributed by atoms with Gasteiger partial charge in [-0.15, -0.1) is 0 Å². The summed E-state index contributed by atoms with van der Waals surface area (Å²) in [6.45, 7) is 10.2. The summed E-state index contributed by atoms with van der Waals surface area (Å²) in [5, 5.41) is 14.2. The first kappa shape index (κ1) is 35.4. The topological polar surface area (TPSA) is 0 Å². The van der Waals surface area contributed by atoms with Gasteiger partial charge in [-0.3, -0.25) is 0 Å². The van der Waals surface area contributed by atoms with Crippen molar-refractivity contribution in [3.05, 3.63) is 194 Å². The van der Waals surface area contributed by atoms with Crippen molar-refractivity contribution in [3.8, 4) is 66.8 Å². The van der Waals surface area contributed by atoms with Crippen LogP contribution in [0.5, 0.6) is 0 Å². The van der Waals surface area contributed by atoms with Crippen LogP contribution in [0.25, 0.3) is 99.1 Å². The van der Waals surface area contributed by atoms with E-state index < -0.39 is 16.1 Å². The predicted molar refractivity (Wildman–Crippen MR) is 265 cm³/mol. The van der Waals surface area contributed by atoms with Gasteiger partial charge in [0.05, 0.1) is 0 Å². The van der Waals surface area contributed by atoms with E-state index in [1.165, 1.54) is 99.1 Å². The summed E-state index contributed by atoms with van der Waals surface area (Å²) in [5.74, 6) is 0. The zero-order chi connectivity index (χ0) is 40.3. The second kappa shape index (κ2) is 13.0. The minimum absolute atomic E-state index is 1.26. The standard InChI is InChI=1S/C58H44Si2/c1-59(2)51-33-31-48-47(57(51)49-29-25-41(35-53(49)59)55-43-21-13-11-19-39(43)23-27-45(55)37-15-7-5-8-16-37)32-34-52-58(48)50-30-26-42(36-54(50)60(52,3)4)56-44-22-14-12-20-40(44)24-28-46(56)38-17-9-6-10-18-38/h5-36H,1-4H3. The normalized spacial score (nSPS) is 14.3. The molecule has 284 valence electrons. The zero-order valence-corrected chi connectivity index (χ0v) is 36.5. The van der Waals surface area contributed by atoms with Crippen LogP contribution in [0.4, 0.5) is 0 Å². The van der Waals surface area contributed by atoms with Crippen LogP contribution in [0, 0.1) is 0 Å². The number of fused-ring (bicyclic) bond motifs is 11. The molecule has 2 aliphatic heterocycles. The molecule has 0 radical (unpaired) electrons. The molecule has 0 amide bonds. The maximum atomic E-state index is 2.57. The third-order valence-electron chi connectivity index (χ3n) is 14.1. The molecule has 0 unspecified atom stereocenters. The first-order valence-corrected chi connectivity index (χ1v) is 27.3. The van der Waals surface area contributed by atoms with Crippen LogP contribution in [0.2, 0.25) is 26.2 Å². The molecular formula is C58H44Si2. The van der Waals surface area contributed by atoms with Crippen molar-refractivity contribution in [2.24, 2.45) is 0 Å². The lowest BCUT2D eigenvalue weighted by atomic mass is 9.88. The summed E-state index contributed by atoms with van der Waals surface area (Å²) >= 11 is 0. The van der Waals surface area contributed by atoms with Crippen LogP contribution in [0.3, 0.4) is 0 Å². The molecule has 0 aromatic heterocycles. The molecule has 2 heteroatoms. The van der Waals surface area contributed by atoms with Crippen molar-refractivity contribution in [2.75, 3.05) is 0 Å². The molecule has 0 nitrogen and oxygen atoms in total. The quantitative estimate of drug-likeness (QED) is 0.156. The largest absolute Gasteiger partial charge is 0.113 e. The Labute approximate surface area is 354 Å². The molecule has 0 aliphatic carbocycles. The Hall–Kier alpha value is -6.59. The lowest BCUT2D eigenvalue weighted by molar-refractivity contribution is 1.61. The second-order valence-electron chi connectivity index (χ2n) is 18.0. The van der Waals surface area contributed by atoms with Gasteiger partial charge in [-0.2, -0.15) is 0 Å². The first-order chi connectivity index (χ1) is 29.3. The Morgan fingerprint density at radius 1 is 0.250 bits per heavy atom. The third kappa shape index (κ3) is 5.02. The monoisotopic (exact) mass is 796 g/mol. The molecule has 12 rings (SSSR count). The molecule has 0 fully saturated rings. The number of benzene rings is 10. The van der Waals surface area contributed by atoms with Crippen molar-refractivity contribution in [2.45, 2.75) is 26.2 Å². The molecule has 0 saturated carbocycles. The average molecular weight is 797 g/mol. The van der Waals surface area contributed by atoms with E-state index in [1.807, 2.05) is 0 Å². The molecule has 2 heterocycles. The smallest absolute Gasteiger partial charge is 0.0622 e. The Balaban J connectivity index is 1.03. The van der Waals surface area contributed by atoms with Gasteiger partial charge in [-0.05, 0) is 120 Å². The highest BCUT2D eigenvalue weighted by molar-refractivity contribution is 7.05. The Morgan fingerprint density at radius 3 is 1.07 bits per heavy atom. The van der Waals surface area contributed by atoms with Crippen LogP contribution in [-0.2, 0) is 0 Å². The van der Waals surface area contributed by atoms with Gasteiger partial charge in [0.2, 0.25) is 0 Å². The molecule has 10 aromatic rings. The summed E-state index contributed by atoms with van der Waals surface area (Å²) < 4.78 is 0. The summed E-state index contributed by atoms with van der Waals surface area (Å²) in [4.78, 5) is 0. The lowest BCUT2D eigenvalue weighted by Crippen LogP contribution is -2.49. The number of hydrogen-bond acceptors (Lipinski definition) is 0.